The van der Waals surface area contributed by atoms with Crippen LogP contribution in [0, 0.1) is 17.8 Å². The fraction of sp³-hybridized carbons (Fsp3) is 1.00. The minimum absolute atomic E-state index is 0.442. The highest BCUT2D eigenvalue weighted by atomic mass is 16.5. The van der Waals surface area contributed by atoms with Crippen molar-refractivity contribution < 1.29 is 9.47 Å². The third kappa shape index (κ3) is 2.60. The van der Waals surface area contributed by atoms with Gasteiger partial charge in [-0.05, 0) is 57.3 Å². The minimum Gasteiger partial charge on any atom is -0.378 e. The molecule has 2 heteroatoms. The van der Waals surface area contributed by atoms with E-state index in [0.717, 1.165) is 31.0 Å². The van der Waals surface area contributed by atoms with Gasteiger partial charge >= 0.3 is 0 Å². The molecule has 0 spiro atoms. The zero-order chi connectivity index (χ0) is 11.5. The van der Waals surface area contributed by atoms with Gasteiger partial charge in [0.15, 0.2) is 0 Å². The molecule has 0 saturated carbocycles. The van der Waals surface area contributed by atoms with Crippen LogP contribution in [0.1, 0.15) is 46.5 Å². The molecule has 4 unspecified atom stereocenters. The Bertz CT molecular complexity index is 195. The third-order valence-electron chi connectivity index (χ3n) is 4.68. The van der Waals surface area contributed by atoms with Crippen LogP contribution in [0.2, 0.25) is 0 Å². The lowest BCUT2D eigenvalue weighted by Crippen LogP contribution is -2.40. The van der Waals surface area contributed by atoms with Crippen molar-refractivity contribution in [2.45, 2.75) is 58.7 Å². The Balaban J connectivity index is 1.96. The van der Waals surface area contributed by atoms with Gasteiger partial charge in [-0.1, -0.05) is 6.92 Å². The van der Waals surface area contributed by atoms with Crippen LogP contribution in [0.25, 0.3) is 0 Å². The lowest BCUT2D eigenvalue weighted by molar-refractivity contribution is -0.0826. The predicted octanol–water partition coefficient (Wildman–Crippen LogP) is 3.25. The minimum atomic E-state index is 0.442. The third-order valence-corrected chi connectivity index (χ3v) is 4.68. The first-order valence-electron chi connectivity index (χ1n) is 6.93. The van der Waals surface area contributed by atoms with Crippen LogP contribution in [0.4, 0.5) is 0 Å². The first kappa shape index (κ1) is 12.4. The van der Waals surface area contributed by atoms with Crippen molar-refractivity contribution in [3.63, 3.8) is 0 Å². The highest BCUT2D eigenvalue weighted by molar-refractivity contribution is 4.84. The van der Waals surface area contributed by atoms with Gasteiger partial charge in [0.25, 0.3) is 0 Å². The van der Waals surface area contributed by atoms with Crippen molar-refractivity contribution in [2.24, 2.45) is 17.8 Å². The lowest BCUT2D eigenvalue weighted by atomic mass is 9.73. The van der Waals surface area contributed by atoms with E-state index in [9.17, 15) is 0 Å². The largest absolute Gasteiger partial charge is 0.378 e. The zero-order valence-electron chi connectivity index (χ0n) is 10.9. The first-order valence-corrected chi connectivity index (χ1v) is 6.93. The van der Waals surface area contributed by atoms with Crippen molar-refractivity contribution in [1.82, 2.24) is 0 Å². The monoisotopic (exact) mass is 226 g/mol. The molecule has 2 heterocycles. The van der Waals surface area contributed by atoms with E-state index in [1.807, 2.05) is 0 Å². The first-order chi connectivity index (χ1) is 7.70. The molecule has 94 valence electrons. The fourth-order valence-corrected chi connectivity index (χ4v) is 3.59. The molecule has 2 aliphatic heterocycles. The summed E-state index contributed by atoms with van der Waals surface area (Å²) in [5.41, 5.74) is 0. The number of ether oxygens (including phenoxy) is 2. The lowest BCUT2D eigenvalue weighted by Gasteiger charge is -2.41. The van der Waals surface area contributed by atoms with Crippen LogP contribution in [-0.2, 0) is 9.47 Å². The van der Waals surface area contributed by atoms with E-state index in [0.29, 0.717) is 12.2 Å². The SMILES string of the molecule is CC1OCCCC1C(C)C1CCCOC1C. The van der Waals surface area contributed by atoms with E-state index in [-0.39, 0.29) is 0 Å². The Kier molecular flexibility index (Phi) is 4.26. The van der Waals surface area contributed by atoms with E-state index in [1.54, 1.807) is 0 Å². The van der Waals surface area contributed by atoms with E-state index in [2.05, 4.69) is 20.8 Å². The molecule has 0 bridgehead atoms. The van der Waals surface area contributed by atoms with Crippen molar-refractivity contribution in [3.8, 4) is 0 Å². The van der Waals surface area contributed by atoms with Crippen LogP contribution < -0.4 is 0 Å². The second kappa shape index (κ2) is 5.50. The van der Waals surface area contributed by atoms with Crippen LogP contribution >= 0.6 is 0 Å². The molecular weight excluding hydrogens is 200 g/mol. The molecule has 0 aliphatic carbocycles. The predicted molar refractivity (Wildman–Crippen MR) is 65.4 cm³/mol. The van der Waals surface area contributed by atoms with Crippen molar-refractivity contribution in [2.75, 3.05) is 13.2 Å². The highest BCUT2D eigenvalue weighted by Crippen LogP contribution is 2.37. The molecule has 4 atom stereocenters. The maximum atomic E-state index is 5.80. The molecule has 0 N–H and O–H groups in total. The maximum absolute atomic E-state index is 5.80. The molecule has 2 nitrogen and oxygen atoms in total. The fourth-order valence-electron chi connectivity index (χ4n) is 3.59. The van der Waals surface area contributed by atoms with Gasteiger partial charge in [0.2, 0.25) is 0 Å². The Labute approximate surface area is 99.7 Å². The van der Waals surface area contributed by atoms with Gasteiger partial charge in [0.1, 0.15) is 0 Å². The van der Waals surface area contributed by atoms with Crippen LogP contribution in [-0.4, -0.2) is 25.4 Å². The molecule has 2 rings (SSSR count). The molecule has 0 aromatic carbocycles. The Morgan fingerprint density at radius 2 is 1.31 bits per heavy atom. The van der Waals surface area contributed by atoms with Crippen molar-refractivity contribution in [1.29, 1.82) is 0 Å². The van der Waals surface area contributed by atoms with Gasteiger partial charge in [-0.2, -0.15) is 0 Å². The Morgan fingerprint density at radius 3 is 1.69 bits per heavy atom. The number of rotatable bonds is 2. The van der Waals surface area contributed by atoms with E-state index >= 15 is 0 Å². The van der Waals surface area contributed by atoms with Crippen LogP contribution in [0.5, 0.6) is 0 Å². The van der Waals surface area contributed by atoms with Gasteiger partial charge < -0.3 is 9.47 Å². The quantitative estimate of drug-likeness (QED) is 0.719. The Morgan fingerprint density at radius 1 is 0.875 bits per heavy atom. The molecule has 16 heavy (non-hydrogen) atoms. The molecule has 0 aromatic rings. The van der Waals surface area contributed by atoms with Gasteiger partial charge in [-0.15, -0.1) is 0 Å². The standard InChI is InChI=1S/C14H26O2/c1-10(13-6-4-8-15-11(13)2)14-7-5-9-16-12(14)3/h10-14H,4-9H2,1-3H3. The van der Waals surface area contributed by atoms with Gasteiger partial charge in [-0.3, -0.25) is 0 Å². The van der Waals surface area contributed by atoms with Gasteiger partial charge in [0.05, 0.1) is 12.2 Å². The molecule has 2 saturated heterocycles. The van der Waals surface area contributed by atoms with Crippen molar-refractivity contribution >= 4 is 0 Å². The topological polar surface area (TPSA) is 18.5 Å². The summed E-state index contributed by atoms with van der Waals surface area (Å²) >= 11 is 0. The van der Waals surface area contributed by atoms with E-state index < -0.39 is 0 Å². The molecule has 0 radical (unpaired) electrons. The molecular formula is C14H26O2. The summed E-state index contributed by atoms with van der Waals surface area (Å²) in [5.74, 6) is 2.22. The summed E-state index contributed by atoms with van der Waals surface area (Å²) in [4.78, 5) is 0. The second-order valence-electron chi connectivity index (χ2n) is 5.62. The van der Waals surface area contributed by atoms with Crippen molar-refractivity contribution in [3.05, 3.63) is 0 Å². The maximum Gasteiger partial charge on any atom is 0.0577 e. The average molecular weight is 226 g/mol. The smallest absolute Gasteiger partial charge is 0.0577 e. The normalized spacial score (nSPS) is 42.9. The highest BCUT2D eigenvalue weighted by Gasteiger charge is 2.35. The van der Waals surface area contributed by atoms with Crippen LogP contribution in [0.15, 0.2) is 0 Å². The average Bonchev–Trinajstić information content (AvgIpc) is 2.29. The summed E-state index contributed by atoms with van der Waals surface area (Å²) in [6.45, 7) is 8.82. The van der Waals surface area contributed by atoms with Gasteiger partial charge in [0, 0.05) is 13.2 Å². The summed E-state index contributed by atoms with van der Waals surface area (Å²) < 4.78 is 11.6. The molecule has 0 aromatic heterocycles. The summed E-state index contributed by atoms with van der Waals surface area (Å²) in [6.07, 6.45) is 6.04. The number of hydrogen-bond donors (Lipinski definition) is 0. The number of hydrogen-bond acceptors (Lipinski definition) is 2. The molecule has 2 fully saturated rings. The van der Waals surface area contributed by atoms with E-state index in [1.165, 1.54) is 25.7 Å². The molecule has 2 aliphatic rings. The molecule has 0 amide bonds. The van der Waals surface area contributed by atoms with Gasteiger partial charge in [-0.25, -0.2) is 0 Å². The summed E-state index contributed by atoms with van der Waals surface area (Å²) in [5, 5.41) is 0. The second-order valence-corrected chi connectivity index (χ2v) is 5.62. The summed E-state index contributed by atoms with van der Waals surface area (Å²) in [7, 11) is 0. The van der Waals surface area contributed by atoms with E-state index in [4.69, 9.17) is 9.47 Å². The zero-order valence-corrected chi connectivity index (χ0v) is 10.9. The Hall–Kier alpha value is -0.0800. The summed E-state index contributed by atoms with van der Waals surface area (Å²) in [6, 6.07) is 0. The van der Waals surface area contributed by atoms with Crippen LogP contribution in [0.3, 0.4) is 0 Å².